The molecule has 0 fully saturated rings. The smallest absolute Gasteiger partial charge is 0.330 e. The van der Waals surface area contributed by atoms with E-state index in [-0.39, 0.29) is 38.8 Å². The molecule has 0 amide bonds. The minimum atomic E-state index is -0.310. The van der Waals surface area contributed by atoms with Gasteiger partial charge >= 0.3 is 5.69 Å². The average Bonchev–Trinajstić information content (AvgIpc) is 2.73. The molecule has 0 aliphatic heterocycles. The van der Waals surface area contributed by atoms with Crippen molar-refractivity contribution in [2.75, 3.05) is 19.6 Å². The number of nitro benzene ring substituents is 1. The van der Waals surface area contributed by atoms with Gasteiger partial charge in [-0.25, -0.2) is 4.79 Å². The second-order valence-corrected chi connectivity index (χ2v) is 7.92. The SMILES string of the molecule is CC[N+](CC)(CCCCCn1c(=O)cc(C)n(C)c1=O)Cc1ccccc1[N+](=O)[O-].[Br-]. The molecule has 0 atom stereocenters. The topological polar surface area (TPSA) is 87.1 Å². The second-order valence-electron chi connectivity index (χ2n) is 7.92. The Bertz CT molecular complexity index is 996. The molecule has 0 saturated carbocycles. The molecule has 0 aliphatic carbocycles. The van der Waals surface area contributed by atoms with Crippen molar-refractivity contribution in [3.05, 3.63) is 72.5 Å². The number of hydrogen-bond acceptors (Lipinski definition) is 4. The number of para-hydroxylation sites is 1. The summed E-state index contributed by atoms with van der Waals surface area (Å²) in [5, 5.41) is 11.4. The minimum Gasteiger partial charge on any atom is -1.00 e. The molecule has 0 unspecified atom stereocenters. The molecule has 172 valence electrons. The number of rotatable bonds is 11. The number of aromatic nitrogens is 2. The number of aryl methyl sites for hydroxylation is 1. The molecule has 1 heterocycles. The lowest BCUT2D eigenvalue weighted by molar-refractivity contribution is -0.938. The molecule has 2 aromatic rings. The van der Waals surface area contributed by atoms with Crippen molar-refractivity contribution >= 4 is 5.69 Å². The molecule has 2 rings (SSSR count). The Morgan fingerprint density at radius 1 is 1.06 bits per heavy atom. The predicted molar refractivity (Wildman–Crippen MR) is 118 cm³/mol. The molecule has 1 aromatic carbocycles. The van der Waals surface area contributed by atoms with Gasteiger partial charge < -0.3 is 26.0 Å². The largest absolute Gasteiger partial charge is 1.00 e. The Hall–Kier alpha value is -2.26. The van der Waals surface area contributed by atoms with Crippen LogP contribution in [0, 0.1) is 17.0 Å². The summed E-state index contributed by atoms with van der Waals surface area (Å²) in [6, 6.07) is 8.45. The van der Waals surface area contributed by atoms with Crippen molar-refractivity contribution in [3.8, 4) is 0 Å². The number of nitro groups is 1. The molecule has 0 bridgehead atoms. The first-order valence-corrected chi connectivity index (χ1v) is 10.6. The lowest BCUT2D eigenvalue weighted by atomic mass is 10.1. The summed E-state index contributed by atoms with van der Waals surface area (Å²) in [7, 11) is 1.67. The zero-order valence-corrected chi connectivity index (χ0v) is 20.4. The first-order valence-electron chi connectivity index (χ1n) is 10.6. The number of quaternary nitrogens is 1. The van der Waals surface area contributed by atoms with Crippen LogP contribution in [0.4, 0.5) is 5.69 Å². The van der Waals surface area contributed by atoms with Gasteiger partial charge in [-0.1, -0.05) is 12.1 Å². The summed E-state index contributed by atoms with van der Waals surface area (Å²) in [6.45, 7) is 9.70. The van der Waals surface area contributed by atoms with Gasteiger partial charge in [-0.3, -0.25) is 19.5 Å². The van der Waals surface area contributed by atoms with Crippen molar-refractivity contribution in [2.24, 2.45) is 7.05 Å². The van der Waals surface area contributed by atoms with Gasteiger partial charge in [-0.15, -0.1) is 0 Å². The Morgan fingerprint density at radius 2 is 1.71 bits per heavy atom. The van der Waals surface area contributed by atoms with E-state index in [2.05, 4.69) is 13.8 Å². The van der Waals surface area contributed by atoms with Gasteiger partial charge in [0, 0.05) is 31.4 Å². The molecule has 0 saturated heterocycles. The van der Waals surface area contributed by atoms with Gasteiger partial charge in [0.2, 0.25) is 0 Å². The van der Waals surface area contributed by atoms with E-state index in [4.69, 9.17) is 0 Å². The van der Waals surface area contributed by atoms with Crippen LogP contribution in [0.25, 0.3) is 0 Å². The van der Waals surface area contributed by atoms with Gasteiger partial charge in [0.05, 0.1) is 30.1 Å². The van der Waals surface area contributed by atoms with Crippen LogP contribution in [-0.2, 0) is 20.1 Å². The summed E-state index contributed by atoms with van der Waals surface area (Å²) in [6.07, 6.45) is 2.57. The van der Waals surface area contributed by atoms with E-state index in [1.807, 2.05) is 12.1 Å². The lowest BCUT2D eigenvalue weighted by Crippen LogP contribution is -3.00. The summed E-state index contributed by atoms with van der Waals surface area (Å²) in [4.78, 5) is 35.4. The maximum absolute atomic E-state index is 12.3. The maximum Gasteiger partial charge on any atom is 0.330 e. The highest BCUT2D eigenvalue weighted by Crippen LogP contribution is 2.24. The number of benzene rings is 1. The molecule has 31 heavy (non-hydrogen) atoms. The van der Waals surface area contributed by atoms with Crippen LogP contribution < -0.4 is 28.2 Å². The average molecular weight is 497 g/mol. The monoisotopic (exact) mass is 496 g/mol. The Labute approximate surface area is 193 Å². The fraction of sp³-hybridized carbons (Fsp3) is 0.545. The Balaban J connectivity index is 0.00000480. The first kappa shape index (κ1) is 26.8. The number of halogens is 1. The third-order valence-electron chi connectivity index (χ3n) is 6.20. The number of nitrogens with zero attached hydrogens (tertiary/aromatic N) is 4. The summed E-state index contributed by atoms with van der Waals surface area (Å²) in [5.74, 6) is 0. The summed E-state index contributed by atoms with van der Waals surface area (Å²) >= 11 is 0. The number of hydrogen-bond donors (Lipinski definition) is 0. The van der Waals surface area contributed by atoms with Crippen molar-refractivity contribution in [1.29, 1.82) is 0 Å². The minimum absolute atomic E-state index is 0. The molecule has 0 spiro atoms. The molecule has 0 radical (unpaired) electrons. The van der Waals surface area contributed by atoms with Crippen molar-refractivity contribution in [1.82, 2.24) is 9.13 Å². The van der Waals surface area contributed by atoms with Gasteiger partial charge in [0.25, 0.3) is 11.2 Å². The first-order chi connectivity index (χ1) is 14.2. The van der Waals surface area contributed by atoms with E-state index < -0.39 is 0 Å². The fourth-order valence-electron chi connectivity index (χ4n) is 3.91. The van der Waals surface area contributed by atoms with Crippen LogP contribution >= 0.6 is 0 Å². The Kier molecular flexibility index (Phi) is 10.3. The third kappa shape index (κ3) is 6.61. The molecular formula is C22H33BrN4O4. The van der Waals surface area contributed by atoms with Gasteiger partial charge in [0.1, 0.15) is 6.54 Å². The molecule has 9 heteroatoms. The van der Waals surface area contributed by atoms with E-state index in [1.165, 1.54) is 15.2 Å². The van der Waals surface area contributed by atoms with Crippen molar-refractivity contribution in [3.63, 3.8) is 0 Å². The molecule has 0 aliphatic rings. The normalized spacial score (nSPS) is 11.2. The van der Waals surface area contributed by atoms with Gasteiger partial charge in [-0.2, -0.15) is 0 Å². The van der Waals surface area contributed by atoms with Crippen molar-refractivity contribution < 1.29 is 26.4 Å². The molecule has 8 nitrogen and oxygen atoms in total. The van der Waals surface area contributed by atoms with E-state index in [0.29, 0.717) is 18.8 Å². The third-order valence-corrected chi connectivity index (χ3v) is 6.20. The predicted octanol–water partition coefficient (Wildman–Crippen LogP) is -0.00528. The van der Waals surface area contributed by atoms with Crippen molar-refractivity contribution in [2.45, 2.75) is 53.1 Å². The highest BCUT2D eigenvalue weighted by Gasteiger charge is 2.27. The fourth-order valence-corrected chi connectivity index (χ4v) is 3.91. The summed E-state index contributed by atoms with van der Waals surface area (Å²) in [5.41, 5.74) is 1.07. The molecule has 0 N–H and O–H groups in total. The molecular weight excluding hydrogens is 464 g/mol. The standard InChI is InChI=1S/C22H33N4O4.BrH/c1-5-26(6-2,17-19-12-8-9-13-20(19)25(29)30)15-11-7-10-14-24-21(27)16-18(3)23(4)22(24)28;/h8-9,12-13,16H,5-7,10-11,14-15,17H2,1-4H3;1H/q+1;/p-1. The summed E-state index contributed by atoms with van der Waals surface area (Å²) < 4.78 is 3.56. The van der Waals surface area contributed by atoms with E-state index >= 15 is 0 Å². The van der Waals surface area contributed by atoms with Gasteiger partial charge in [-0.05, 0) is 46.1 Å². The van der Waals surface area contributed by atoms with Gasteiger partial charge in [0.15, 0.2) is 0 Å². The van der Waals surface area contributed by atoms with Crippen LogP contribution in [0.1, 0.15) is 44.4 Å². The zero-order valence-electron chi connectivity index (χ0n) is 18.8. The highest BCUT2D eigenvalue weighted by atomic mass is 79.9. The van der Waals surface area contributed by atoms with Crippen LogP contribution in [0.15, 0.2) is 39.9 Å². The van der Waals surface area contributed by atoms with Crippen LogP contribution in [0.2, 0.25) is 0 Å². The van der Waals surface area contributed by atoms with Crippen LogP contribution in [0.3, 0.4) is 0 Å². The maximum atomic E-state index is 12.3. The zero-order chi connectivity index (χ0) is 22.3. The Morgan fingerprint density at radius 3 is 2.32 bits per heavy atom. The highest BCUT2D eigenvalue weighted by molar-refractivity contribution is 5.39. The second kappa shape index (κ2) is 12.0. The van der Waals surface area contributed by atoms with E-state index in [9.17, 15) is 19.7 Å². The van der Waals surface area contributed by atoms with Crippen LogP contribution in [0.5, 0.6) is 0 Å². The molecule has 1 aromatic heterocycles. The lowest BCUT2D eigenvalue weighted by Gasteiger charge is -2.37. The van der Waals surface area contributed by atoms with Crippen LogP contribution in [-0.4, -0.2) is 38.2 Å². The number of unbranched alkanes of at least 4 members (excludes halogenated alkanes) is 2. The quantitative estimate of drug-likeness (QED) is 0.189. The van der Waals surface area contributed by atoms with E-state index in [1.54, 1.807) is 26.1 Å². The van der Waals surface area contributed by atoms with E-state index in [0.717, 1.165) is 48.9 Å².